The molecule has 2 N–H and O–H groups in total. The zero-order valence-corrected chi connectivity index (χ0v) is 12.5. The van der Waals surface area contributed by atoms with Gasteiger partial charge < -0.3 is 10.6 Å². The van der Waals surface area contributed by atoms with Crippen LogP contribution in [-0.2, 0) is 0 Å². The van der Waals surface area contributed by atoms with Crippen LogP contribution in [0.5, 0.6) is 0 Å². The molecule has 1 saturated heterocycles. The summed E-state index contributed by atoms with van der Waals surface area (Å²) in [4.78, 5) is 9.60. The van der Waals surface area contributed by atoms with Crippen LogP contribution < -0.4 is 10.6 Å². The van der Waals surface area contributed by atoms with Crippen molar-refractivity contribution in [2.24, 2.45) is 5.73 Å². The highest BCUT2D eigenvalue weighted by Gasteiger charge is 2.26. The molecule has 110 valence electrons. The molecule has 2 heterocycles. The molecule has 1 aromatic heterocycles. The molecule has 1 atom stereocenters. The van der Waals surface area contributed by atoms with E-state index >= 15 is 0 Å². The maximum atomic E-state index is 5.96. The van der Waals surface area contributed by atoms with Crippen LogP contribution in [-0.4, -0.2) is 42.1 Å². The SMILES string of the molecule is C[C@H](N)c1ccnc(N2CCN(C3CCCC3)CC2)c1. The van der Waals surface area contributed by atoms with E-state index in [1.165, 1.54) is 44.3 Å². The standard InChI is InChI=1S/C16H26N4/c1-13(17)14-6-7-18-16(12-14)20-10-8-19(9-11-20)15-4-2-3-5-15/h6-7,12-13,15H,2-5,8-11,17H2,1H3/t13-/m0/s1. The maximum absolute atomic E-state index is 5.96. The molecule has 1 saturated carbocycles. The minimum atomic E-state index is 0.0801. The highest BCUT2D eigenvalue weighted by Crippen LogP contribution is 2.25. The third kappa shape index (κ3) is 2.96. The summed E-state index contributed by atoms with van der Waals surface area (Å²) in [6.45, 7) is 6.55. The molecule has 0 unspecified atom stereocenters. The Morgan fingerprint density at radius 2 is 1.90 bits per heavy atom. The van der Waals surface area contributed by atoms with Gasteiger partial charge in [-0.1, -0.05) is 12.8 Å². The number of nitrogens with zero attached hydrogens (tertiary/aromatic N) is 3. The molecule has 1 aromatic rings. The van der Waals surface area contributed by atoms with Crippen LogP contribution in [0.25, 0.3) is 0 Å². The van der Waals surface area contributed by atoms with Gasteiger partial charge in [-0.25, -0.2) is 4.98 Å². The summed E-state index contributed by atoms with van der Waals surface area (Å²) in [5.41, 5.74) is 7.14. The van der Waals surface area contributed by atoms with Crippen molar-refractivity contribution in [3.05, 3.63) is 23.9 Å². The first kappa shape index (κ1) is 13.8. The summed E-state index contributed by atoms with van der Waals surface area (Å²) in [5, 5.41) is 0. The van der Waals surface area contributed by atoms with Crippen LogP contribution >= 0.6 is 0 Å². The third-order valence-electron chi connectivity index (χ3n) is 4.77. The highest BCUT2D eigenvalue weighted by atomic mass is 15.3. The minimum absolute atomic E-state index is 0.0801. The molecule has 2 aliphatic rings. The van der Waals surface area contributed by atoms with Gasteiger partial charge in [-0.2, -0.15) is 0 Å². The Hall–Kier alpha value is -1.13. The molecule has 20 heavy (non-hydrogen) atoms. The number of aromatic nitrogens is 1. The summed E-state index contributed by atoms with van der Waals surface area (Å²) in [7, 11) is 0. The second kappa shape index (κ2) is 6.10. The first-order valence-corrected chi connectivity index (χ1v) is 7.94. The lowest BCUT2D eigenvalue weighted by atomic mass is 10.1. The van der Waals surface area contributed by atoms with Crippen LogP contribution in [0.3, 0.4) is 0 Å². The van der Waals surface area contributed by atoms with Crippen molar-refractivity contribution in [1.82, 2.24) is 9.88 Å². The molecule has 4 heteroatoms. The Morgan fingerprint density at radius 3 is 2.55 bits per heavy atom. The molecule has 0 bridgehead atoms. The fourth-order valence-corrected chi connectivity index (χ4v) is 3.48. The van der Waals surface area contributed by atoms with Crippen molar-refractivity contribution < 1.29 is 0 Å². The van der Waals surface area contributed by atoms with Gasteiger partial charge in [-0.05, 0) is 37.5 Å². The van der Waals surface area contributed by atoms with Crippen LogP contribution in [0.4, 0.5) is 5.82 Å². The number of piperazine rings is 1. The molecule has 0 amide bonds. The van der Waals surface area contributed by atoms with Crippen molar-refractivity contribution >= 4 is 5.82 Å². The van der Waals surface area contributed by atoms with Gasteiger partial charge in [0.1, 0.15) is 5.82 Å². The lowest BCUT2D eigenvalue weighted by Crippen LogP contribution is -2.50. The highest BCUT2D eigenvalue weighted by molar-refractivity contribution is 5.42. The predicted octanol–water partition coefficient (Wildman–Crippen LogP) is 2.17. The topological polar surface area (TPSA) is 45.4 Å². The quantitative estimate of drug-likeness (QED) is 0.917. The number of hydrogen-bond acceptors (Lipinski definition) is 4. The molecular formula is C16H26N4. The average molecular weight is 274 g/mol. The Morgan fingerprint density at radius 1 is 1.20 bits per heavy atom. The second-order valence-electron chi connectivity index (χ2n) is 6.20. The lowest BCUT2D eigenvalue weighted by molar-refractivity contribution is 0.187. The fraction of sp³-hybridized carbons (Fsp3) is 0.688. The van der Waals surface area contributed by atoms with Gasteiger partial charge in [0.2, 0.25) is 0 Å². The van der Waals surface area contributed by atoms with Crippen LogP contribution in [0, 0.1) is 0 Å². The molecule has 1 aliphatic heterocycles. The van der Waals surface area contributed by atoms with E-state index in [-0.39, 0.29) is 6.04 Å². The second-order valence-corrected chi connectivity index (χ2v) is 6.20. The largest absolute Gasteiger partial charge is 0.354 e. The van der Waals surface area contributed by atoms with E-state index in [1.54, 1.807) is 0 Å². The first-order valence-electron chi connectivity index (χ1n) is 7.94. The van der Waals surface area contributed by atoms with Gasteiger partial charge in [0.25, 0.3) is 0 Å². The van der Waals surface area contributed by atoms with Gasteiger partial charge in [0, 0.05) is 44.5 Å². The summed E-state index contributed by atoms with van der Waals surface area (Å²) in [6.07, 6.45) is 7.53. The van der Waals surface area contributed by atoms with Crippen molar-refractivity contribution in [3.8, 4) is 0 Å². The number of pyridine rings is 1. The molecule has 3 rings (SSSR count). The molecule has 1 aliphatic carbocycles. The number of hydrogen-bond donors (Lipinski definition) is 1. The lowest BCUT2D eigenvalue weighted by Gasteiger charge is -2.38. The van der Waals surface area contributed by atoms with Crippen molar-refractivity contribution in [3.63, 3.8) is 0 Å². The van der Waals surface area contributed by atoms with Crippen molar-refractivity contribution in [1.29, 1.82) is 0 Å². The summed E-state index contributed by atoms with van der Waals surface area (Å²) < 4.78 is 0. The van der Waals surface area contributed by atoms with Gasteiger partial charge in [-0.15, -0.1) is 0 Å². The maximum Gasteiger partial charge on any atom is 0.128 e. The molecular weight excluding hydrogens is 248 g/mol. The van der Waals surface area contributed by atoms with Gasteiger partial charge in [0.05, 0.1) is 0 Å². The van der Waals surface area contributed by atoms with E-state index in [2.05, 4.69) is 20.9 Å². The van der Waals surface area contributed by atoms with E-state index in [0.29, 0.717) is 0 Å². The average Bonchev–Trinajstić information content (AvgIpc) is 3.02. The smallest absolute Gasteiger partial charge is 0.128 e. The van der Waals surface area contributed by atoms with E-state index in [4.69, 9.17) is 5.73 Å². The number of nitrogens with two attached hydrogens (primary N) is 1. The number of anilines is 1. The molecule has 0 radical (unpaired) electrons. The van der Waals surface area contributed by atoms with E-state index in [0.717, 1.165) is 24.9 Å². The van der Waals surface area contributed by atoms with Crippen LogP contribution in [0.2, 0.25) is 0 Å². The first-order chi connectivity index (χ1) is 9.74. The van der Waals surface area contributed by atoms with Gasteiger partial charge in [-0.3, -0.25) is 4.90 Å². The monoisotopic (exact) mass is 274 g/mol. The van der Waals surface area contributed by atoms with Crippen LogP contribution in [0.15, 0.2) is 18.3 Å². The van der Waals surface area contributed by atoms with E-state index < -0.39 is 0 Å². The zero-order chi connectivity index (χ0) is 13.9. The Kier molecular flexibility index (Phi) is 4.22. The van der Waals surface area contributed by atoms with Crippen molar-refractivity contribution in [2.45, 2.75) is 44.7 Å². The Labute approximate surface area is 122 Å². The Balaban J connectivity index is 1.61. The fourth-order valence-electron chi connectivity index (χ4n) is 3.48. The molecule has 4 nitrogen and oxygen atoms in total. The summed E-state index contributed by atoms with van der Waals surface area (Å²) in [5.74, 6) is 1.09. The molecule has 0 spiro atoms. The zero-order valence-electron chi connectivity index (χ0n) is 12.5. The van der Waals surface area contributed by atoms with E-state index in [9.17, 15) is 0 Å². The summed E-state index contributed by atoms with van der Waals surface area (Å²) in [6, 6.07) is 5.09. The third-order valence-corrected chi connectivity index (χ3v) is 4.77. The van der Waals surface area contributed by atoms with Gasteiger partial charge >= 0.3 is 0 Å². The minimum Gasteiger partial charge on any atom is -0.354 e. The normalized spacial score (nSPS) is 23.2. The predicted molar refractivity (Wildman–Crippen MR) is 82.9 cm³/mol. The summed E-state index contributed by atoms with van der Waals surface area (Å²) >= 11 is 0. The molecule has 0 aromatic carbocycles. The van der Waals surface area contributed by atoms with Crippen LogP contribution in [0.1, 0.15) is 44.2 Å². The van der Waals surface area contributed by atoms with Gasteiger partial charge in [0.15, 0.2) is 0 Å². The number of rotatable bonds is 3. The Bertz CT molecular complexity index is 432. The van der Waals surface area contributed by atoms with Crippen molar-refractivity contribution in [2.75, 3.05) is 31.1 Å². The molecule has 2 fully saturated rings. The van der Waals surface area contributed by atoms with E-state index in [1.807, 2.05) is 19.2 Å².